The van der Waals surface area contributed by atoms with E-state index < -0.39 is 11.8 Å². The normalized spacial score (nSPS) is 10.5. The summed E-state index contributed by atoms with van der Waals surface area (Å²) >= 11 is 0. The zero-order chi connectivity index (χ0) is 15.9. The van der Waals surface area contributed by atoms with Crippen molar-refractivity contribution in [3.63, 3.8) is 0 Å². The molecule has 0 aliphatic carbocycles. The molecule has 0 radical (unpaired) electrons. The summed E-state index contributed by atoms with van der Waals surface area (Å²) in [5.74, 6) is -1.21. The second kappa shape index (κ2) is 7.17. The van der Waals surface area contributed by atoms with Crippen molar-refractivity contribution >= 4 is 23.6 Å². The summed E-state index contributed by atoms with van der Waals surface area (Å²) in [4.78, 5) is 23.0. The molecule has 4 nitrogen and oxygen atoms in total. The van der Waals surface area contributed by atoms with Gasteiger partial charge in [0.1, 0.15) is 5.82 Å². The maximum Gasteiger partial charge on any atom is 0.337 e. The number of methoxy groups -OCH3 is 1. The second-order valence-corrected chi connectivity index (χ2v) is 4.45. The quantitative estimate of drug-likeness (QED) is 0.696. The van der Waals surface area contributed by atoms with Crippen LogP contribution in [0.2, 0.25) is 0 Å². The summed E-state index contributed by atoms with van der Waals surface area (Å²) in [5, 5.41) is 2.55. The zero-order valence-electron chi connectivity index (χ0n) is 11.9. The minimum atomic E-state index is -0.417. The number of ether oxygens (including phenoxy) is 1. The molecule has 0 aromatic heterocycles. The highest BCUT2D eigenvalue weighted by Gasteiger charge is 2.03. The summed E-state index contributed by atoms with van der Waals surface area (Å²) in [7, 11) is 1.31. The lowest BCUT2D eigenvalue weighted by Gasteiger charge is -2.02. The summed E-state index contributed by atoms with van der Waals surface area (Å²) < 4.78 is 17.6. The van der Waals surface area contributed by atoms with Gasteiger partial charge in [-0.2, -0.15) is 0 Å². The van der Waals surface area contributed by atoms with Crippen molar-refractivity contribution in [2.75, 3.05) is 12.4 Å². The predicted octanol–water partition coefficient (Wildman–Crippen LogP) is 3.26. The van der Waals surface area contributed by atoms with Crippen molar-refractivity contribution < 1.29 is 18.7 Å². The van der Waals surface area contributed by atoms with E-state index in [-0.39, 0.29) is 5.91 Å². The summed E-state index contributed by atoms with van der Waals surface area (Å²) in [5.41, 5.74) is 1.57. The van der Waals surface area contributed by atoms with E-state index >= 15 is 0 Å². The number of anilines is 1. The van der Waals surface area contributed by atoms with Crippen LogP contribution in [0, 0.1) is 5.82 Å². The molecule has 0 bridgehead atoms. The first-order chi connectivity index (χ1) is 10.6. The Balaban J connectivity index is 1.99. The fourth-order valence-electron chi connectivity index (χ4n) is 1.77. The highest BCUT2D eigenvalue weighted by Crippen LogP contribution is 2.10. The Morgan fingerprint density at radius 3 is 2.50 bits per heavy atom. The number of hydrogen-bond acceptors (Lipinski definition) is 3. The topological polar surface area (TPSA) is 55.4 Å². The van der Waals surface area contributed by atoms with Crippen LogP contribution >= 0.6 is 0 Å². The van der Waals surface area contributed by atoms with Crippen LogP contribution in [0.3, 0.4) is 0 Å². The maximum atomic E-state index is 13.0. The molecule has 0 aliphatic rings. The van der Waals surface area contributed by atoms with E-state index in [2.05, 4.69) is 10.1 Å². The summed E-state index contributed by atoms with van der Waals surface area (Å²) in [6, 6.07) is 12.2. The predicted molar refractivity (Wildman–Crippen MR) is 81.8 cm³/mol. The number of rotatable bonds is 4. The lowest BCUT2D eigenvalue weighted by Crippen LogP contribution is -2.07. The molecule has 5 heteroatoms. The van der Waals surface area contributed by atoms with Crippen LogP contribution in [0.15, 0.2) is 54.6 Å². The molecule has 1 amide bonds. The van der Waals surface area contributed by atoms with Gasteiger partial charge >= 0.3 is 5.97 Å². The maximum absolute atomic E-state index is 13.0. The summed E-state index contributed by atoms with van der Waals surface area (Å²) in [6.07, 6.45) is 2.92. The number of nitrogens with one attached hydrogen (secondary N) is 1. The standard InChI is InChI=1S/C17H14FNO3/c1-22-17(21)13-8-5-12(6-9-13)7-10-16(20)19-15-4-2-3-14(18)11-15/h2-11H,1H3,(H,19,20)/b10-7+. The largest absolute Gasteiger partial charge is 0.465 e. The molecule has 0 atom stereocenters. The van der Waals surface area contributed by atoms with Gasteiger partial charge in [0.15, 0.2) is 0 Å². The Kier molecular flexibility index (Phi) is 5.03. The van der Waals surface area contributed by atoms with Gasteiger partial charge in [-0.15, -0.1) is 0 Å². The van der Waals surface area contributed by atoms with E-state index in [4.69, 9.17) is 0 Å². The lowest BCUT2D eigenvalue weighted by molar-refractivity contribution is -0.111. The van der Waals surface area contributed by atoms with E-state index in [0.717, 1.165) is 5.56 Å². The number of hydrogen-bond donors (Lipinski definition) is 1. The molecule has 0 unspecified atom stereocenters. The smallest absolute Gasteiger partial charge is 0.337 e. The molecule has 0 spiro atoms. The Hall–Kier alpha value is -2.95. The van der Waals surface area contributed by atoms with Gasteiger partial charge in [-0.1, -0.05) is 18.2 Å². The van der Waals surface area contributed by atoms with Crippen molar-refractivity contribution in [3.8, 4) is 0 Å². The zero-order valence-corrected chi connectivity index (χ0v) is 11.9. The van der Waals surface area contributed by atoms with Gasteiger partial charge in [0.2, 0.25) is 5.91 Å². The highest BCUT2D eigenvalue weighted by atomic mass is 19.1. The second-order valence-electron chi connectivity index (χ2n) is 4.45. The van der Waals surface area contributed by atoms with Crippen molar-refractivity contribution in [3.05, 3.63) is 71.6 Å². The van der Waals surface area contributed by atoms with Crippen molar-refractivity contribution in [2.24, 2.45) is 0 Å². The van der Waals surface area contributed by atoms with E-state index in [9.17, 15) is 14.0 Å². The number of amides is 1. The molecular weight excluding hydrogens is 285 g/mol. The monoisotopic (exact) mass is 299 g/mol. The average Bonchev–Trinajstić information content (AvgIpc) is 2.52. The molecule has 0 aliphatic heterocycles. The Labute approximate surface area is 127 Å². The number of esters is 1. The number of carbonyl (C=O) groups excluding carboxylic acids is 2. The third-order valence-electron chi connectivity index (χ3n) is 2.85. The van der Waals surface area contributed by atoms with Crippen LogP contribution in [0.1, 0.15) is 15.9 Å². The van der Waals surface area contributed by atoms with Crippen molar-refractivity contribution in [1.29, 1.82) is 0 Å². The molecule has 0 saturated carbocycles. The SMILES string of the molecule is COC(=O)c1ccc(/C=C/C(=O)Nc2cccc(F)c2)cc1. The van der Waals surface area contributed by atoms with Crippen LogP contribution in [-0.4, -0.2) is 19.0 Å². The van der Waals surface area contributed by atoms with Crippen molar-refractivity contribution in [2.45, 2.75) is 0 Å². The molecule has 0 saturated heterocycles. The fourth-order valence-corrected chi connectivity index (χ4v) is 1.77. The molecule has 112 valence electrons. The van der Waals surface area contributed by atoms with E-state index in [1.165, 1.54) is 31.4 Å². The third-order valence-corrected chi connectivity index (χ3v) is 2.85. The molecule has 2 rings (SSSR count). The first-order valence-electron chi connectivity index (χ1n) is 6.51. The number of carbonyl (C=O) groups is 2. The van der Waals surface area contributed by atoms with Gasteiger partial charge in [0, 0.05) is 11.8 Å². The van der Waals surface area contributed by atoms with Crippen LogP contribution in [0.25, 0.3) is 6.08 Å². The minimum absolute atomic E-state index is 0.373. The average molecular weight is 299 g/mol. The fraction of sp³-hybridized carbons (Fsp3) is 0.0588. The van der Waals surface area contributed by atoms with Gasteiger partial charge < -0.3 is 10.1 Å². The molecular formula is C17H14FNO3. The summed E-state index contributed by atoms with van der Waals surface area (Å²) in [6.45, 7) is 0. The molecule has 1 N–H and O–H groups in total. The van der Waals surface area contributed by atoms with Gasteiger partial charge in [-0.3, -0.25) is 4.79 Å². The van der Waals surface area contributed by atoms with Crippen LogP contribution in [0.5, 0.6) is 0 Å². The van der Waals surface area contributed by atoms with Crippen LogP contribution < -0.4 is 5.32 Å². The minimum Gasteiger partial charge on any atom is -0.465 e. The van der Waals surface area contributed by atoms with Crippen molar-refractivity contribution in [1.82, 2.24) is 0 Å². The van der Waals surface area contributed by atoms with Crippen LogP contribution in [0.4, 0.5) is 10.1 Å². The van der Waals surface area contributed by atoms with E-state index in [1.807, 2.05) is 0 Å². The molecule has 22 heavy (non-hydrogen) atoms. The molecule has 2 aromatic carbocycles. The highest BCUT2D eigenvalue weighted by molar-refractivity contribution is 6.02. The van der Waals surface area contributed by atoms with Gasteiger partial charge in [-0.25, -0.2) is 9.18 Å². The molecule has 0 heterocycles. The lowest BCUT2D eigenvalue weighted by atomic mass is 10.1. The third kappa shape index (κ3) is 4.28. The number of benzene rings is 2. The Bertz CT molecular complexity index is 708. The van der Waals surface area contributed by atoms with E-state index in [0.29, 0.717) is 11.3 Å². The first-order valence-corrected chi connectivity index (χ1v) is 6.51. The first kappa shape index (κ1) is 15.4. The Morgan fingerprint density at radius 1 is 1.14 bits per heavy atom. The number of halogens is 1. The van der Waals surface area contributed by atoms with Gasteiger partial charge in [0.25, 0.3) is 0 Å². The molecule has 2 aromatic rings. The van der Waals surface area contributed by atoms with Gasteiger partial charge in [0.05, 0.1) is 12.7 Å². The Morgan fingerprint density at radius 2 is 1.86 bits per heavy atom. The molecule has 0 fully saturated rings. The van der Waals surface area contributed by atoms with E-state index in [1.54, 1.807) is 36.4 Å². The van der Waals surface area contributed by atoms with Crippen LogP contribution in [-0.2, 0) is 9.53 Å². The van der Waals surface area contributed by atoms with Gasteiger partial charge in [-0.05, 0) is 42.0 Å².